The van der Waals surface area contributed by atoms with Crippen LogP contribution in [0.4, 0.5) is 17.6 Å². The monoisotopic (exact) mass is 375 g/mol. The molecule has 26 heavy (non-hydrogen) atoms. The van der Waals surface area contributed by atoms with Gasteiger partial charge in [-0.15, -0.1) is 0 Å². The standard InChI is InChI=1S/C15H13F4N3O4/c16-9-4-22(5-11(9)23)14(24)10-6-26-13(21-10)7-25-8-1-2-12(20-3-8)15(17,18)19/h1-3,6,9,11,23H,4-5,7H2/t9-,11-/m1/s1. The number of amides is 1. The molecule has 1 fully saturated rings. The fraction of sp³-hybridized carbons (Fsp3) is 0.400. The van der Waals surface area contributed by atoms with E-state index in [2.05, 4.69) is 9.97 Å². The Balaban J connectivity index is 1.58. The maximum absolute atomic E-state index is 13.3. The number of rotatable bonds is 4. The zero-order chi connectivity index (χ0) is 18.9. The van der Waals surface area contributed by atoms with Gasteiger partial charge >= 0.3 is 6.18 Å². The number of carbonyl (C=O) groups is 1. The molecule has 140 valence electrons. The Labute approximate surface area is 144 Å². The Morgan fingerprint density at radius 2 is 2.15 bits per heavy atom. The number of aliphatic hydroxyl groups excluding tert-OH is 1. The van der Waals surface area contributed by atoms with Gasteiger partial charge in [-0.3, -0.25) is 4.79 Å². The third-order valence-corrected chi connectivity index (χ3v) is 3.67. The summed E-state index contributed by atoms with van der Waals surface area (Å²) >= 11 is 0. The van der Waals surface area contributed by atoms with Crippen molar-refractivity contribution in [3.05, 3.63) is 41.9 Å². The van der Waals surface area contributed by atoms with Crippen molar-refractivity contribution in [2.75, 3.05) is 13.1 Å². The van der Waals surface area contributed by atoms with Crippen LogP contribution >= 0.6 is 0 Å². The minimum atomic E-state index is -4.54. The first-order chi connectivity index (χ1) is 12.2. The molecule has 0 aromatic carbocycles. The topological polar surface area (TPSA) is 88.7 Å². The summed E-state index contributed by atoms with van der Waals surface area (Å²) in [6.45, 7) is -0.624. The average Bonchev–Trinajstić information content (AvgIpc) is 3.19. The molecule has 0 bridgehead atoms. The minimum Gasteiger partial charge on any atom is -0.482 e. The van der Waals surface area contributed by atoms with Gasteiger partial charge in [-0.25, -0.2) is 14.4 Å². The molecule has 0 spiro atoms. The Kier molecular flexibility index (Phi) is 4.81. The number of nitrogens with zero attached hydrogens (tertiary/aromatic N) is 3. The normalized spacial score (nSPS) is 20.4. The van der Waals surface area contributed by atoms with Crippen molar-refractivity contribution >= 4 is 5.91 Å². The molecule has 0 aliphatic carbocycles. The number of oxazole rings is 1. The molecule has 2 atom stereocenters. The molecule has 3 heterocycles. The Bertz CT molecular complexity index is 768. The predicted octanol–water partition coefficient (Wildman–Crippen LogP) is 1.82. The molecule has 0 radical (unpaired) electrons. The summed E-state index contributed by atoms with van der Waals surface area (Å²) in [6.07, 6.45) is -5.32. The third-order valence-electron chi connectivity index (χ3n) is 3.67. The van der Waals surface area contributed by atoms with Crippen LogP contribution in [-0.2, 0) is 12.8 Å². The largest absolute Gasteiger partial charge is 0.482 e. The van der Waals surface area contributed by atoms with Crippen molar-refractivity contribution < 1.29 is 36.6 Å². The highest BCUT2D eigenvalue weighted by atomic mass is 19.4. The number of ether oxygens (including phenoxy) is 1. The van der Waals surface area contributed by atoms with E-state index in [9.17, 15) is 27.5 Å². The second-order valence-electron chi connectivity index (χ2n) is 5.59. The molecule has 1 aliphatic rings. The summed E-state index contributed by atoms with van der Waals surface area (Å²) in [5.74, 6) is -0.535. The number of aromatic nitrogens is 2. The summed E-state index contributed by atoms with van der Waals surface area (Å²) in [5.41, 5.74) is -1.14. The van der Waals surface area contributed by atoms with Crippen LogP contribution in [0.1, 0.15) is 22.1 Å². The van der Waals surface area contributed by atoms with Gasteiger partial charge in [-0.2, -0.15) is 13.2 Å². The highest BCUT2D eigenvalue weighted by Crippen LogP contribution is 2.28. The third kappa shape index (κ3) is 3.93. The SMILES string of the molecule is O=C(c1coc(COc2ccc(C(F)(F)F)nc2)n1)N1C[C@@H](O)[C@H](F)C1. The number of β-amino-alcohol motifs (C(OH)–C–C–N with tert-alkyl or cyclic N) is 1. The van der Waals surface area contributed by atoms with E-state index in [1.165, 1.54) is 0 Å². The lowest BCUT2D eigenvalue weighted by molar-refractivity contribution is -0.141. The zero-order valence-electron chi connectivity index (χ0n) is 13.1. The first-order valence-electron chi connectivity index (χ1n) is 7.46. The van der Waals surface area contributed by atoms with Gasteiger partial charge in [0.15, 0.2) is 12.3 Å². The first-order valence-corrected chi connectivity index (χ1v) is 7.46. The first kappa shape index (κ1) is 18.1. The van der Waals surface area contributed by atoms with E-state index in [1.807, 2.05) is 0 Å². The second-order valence-corrected chi connectivity index (χ2v) is 5.59. The smallest absolute Gasteiger partial charge is 0.433 e. The lowest BCUT2D eigenvalue weighted by Crippen LogP contribution is -2.29. The van der Waals surface area contributed by atoms with Crippen molar-refractivity contribution in [1.82, 2.24) is 14.9 Å². The lowest BCUT2D eigenvalue weighted by Gasteiger charge is -2.12. The van der Waals surface area contributed by atoms with Gasteiger partial charge in [0.1, 0.15) is 30.0 Å². The highest BCUT2D eigenvalue weighted by molar-refractivity contribution is 5.92. The second kappa shape index (κ2) is 6.90. The van der Waals surface area contributed by atoms with Crippen molar-refractivity contribution in [1.29, 1.82) is 0 Å². The van der Waals surface area contributed by atoms with Gasteiger partial charge in [0, 0.05) is 0 Å². The molecule has 11 heteroatoms. The summed E-state index contributed by atoms with van der Waals surface area (Å²) in [6, 6.07) is 1.86. The van der Waals surface area contributed by atoms with Crippen LogP contribution in [0.3, 0.4) is 0 Å². The number of hydrogen-bond acceptors (Lipinski definition) is 6. The molecular weight excluding hydrogens is 362 g/mol. The molecular formula is C15H13F4N3O4. The zero-order valence-corrected chi connectivity index (χ0v) is 13.1. The number of likely N-dealkylation sites (tertiary alicyclic amines) is 1. The molecule has 1 saturated heterocycles. The molecule has 1 N–H and O–H groups in total. The molecule has 2 aromatic heterocycles. The molecule has 1 amide bonds. The van der Waals surface area contributed by atoms with E-state index < -0.39 is 30.1 Å². The van der Waals surface area contributed by atoms with Crippen LogP contribution in [0, 0.1) is 0 Å². The van der Waals surface area contributed by atoms with Crippen molar-refractivity contribution in [3.8, 4) is 5.75 Å². The number of aliphatic hydroxyl groups is 1. The molecule has 3 rings (SSSR count). The molecule has 1 aliphatic heterocycles. The van der Waals surface area contributed by atoms with Crippen molar-refractivity contribution in [2.45, 2.75) is 25.1 Å². The van der Waals surface area contributed by atoms with E-state index >= 15 is 0 Å². The number of pyridine rings is 1. The summed E-state index contributed by atoms with van der Waals surface area (Å²) in [7, 11) is 0. The van der Waals surface area contributed by atoms with Crippen molar-refractivity contribution in [2.24, 2.45) is 0 Å². The predicted molar refractivity (Wildman–Crippen MR) is 76.9 cm³/mol. The maximum Gasteiger partial charge on any atom is 0.433 e. The molecule has 7 nitrogen and oxygen atoms in total. The summed E-state index contributed by atoms with van der Waals surface area (Å²) in [5, 5.41) is 9.34. The van der Waals surface area contributed by atoms with Gasteiger partial charge in [-0.05, 0) is 12.1 Å². The van der Waals surface area contributed by atoms with Gasteiger partial charge in [0.25, 0.3) is 5.91 Å². The van der Waals surface area contributed by atoms with Gasteiger partial charge in [0.2, 0.25) is 5.89 Å². The molecule has 0 saturated carbocycles. The van der Waals surface area contributed by atoms with E-state index in [-0.39, 0.29) is 37.0 Å². The quantitative estimate of drug-likeness (QED) is 0.821. The van der Waals surface area contributed by atoms with Gasteiger partial charge in [-0.1, -0.05) is 0 Å². The van der Waals surface area contributed by atoms with Crippen LogP contribution in [0.25, 0.3) is 0 Å². The lowest BCUT2D eigenvalue weighted by atomic mass is 10.3. The van der Waals surface area contributed by atoms with E-state index in [0.717, 1.165) is 29.5 Å². The number of hydrogen-bond donors (Lipinski definition) is 1. The van der Waals surface area contributed by atoms with Gasteiger partial charge < -0.3 is 19.2 Å². The average molecular weight is 375 g/mol. The Morgan fingerprint density at radius 3 is 2.73 bits per heavy atom. The van der Waals surface area contributed by atoms with Crippen LogP contribution in [0.2, 0.25) is 0 Å². The highest BCUT2D eigenvalue weighted by Gasteiger charge is 2.35. The number of carbonyl (C=O) groups excluding carboxylic acids is 1. The Hall–Kier alpha value is -2.69. The minimum absolute atomic E-state index is 0.00444. The number of alkyl halides is 4. The van der Waals surface area contributed by atoms with Crippen LogP contribution in [0.15, 0.2) is 29.0 Å². The van der Waals surface area contributed by atoms with Crippen LogP contribution in [0.5, 0.6) is 5.75 Å². The molecule has 2 aromatic rings. The molecule has 0 unspecified atom stereocenters. The van der Waals surface area contributed by atoms with E-state index in [4.69, 9.17) is 9.15 Å². The maximum atomic E-state index is 13.3. The van der Waals surface area contributed by atoms with Crippen molar-refractivity contribution in [3.63, 3.8) is 0 Å². The fourth-order valence-corrected chi connectivity index (χ4v) is 2.33. The number of halogens is 4. The van der Waals surface area contributed by atoms with Gasteiger partial charge in [0.05, 0.1) is 19.3 Å². The summed E-state index contributed by atoms with van der Waals surface area (Å²) in [4.78, 5) is 20.4. The Morgan fingerprint density at radius 1 is 1.38 bits per heavy atom. The van der Waals surface area contributed by atoms with E-state index in [1.54, 1.807) is 0 Å². The van der Waals surface area contributed by atoms with Crippen LogP contribution < -0.4 is 4.74 Å². The van der Waals surface area contributed by atoms with Crippen LogP contribution in [-0.4, -0.2) is 51.2 Å². The van der Waals surface area contributed by atoms with E-state index in [0.29, 0.717) is 0 Å². The fourth-order valence-electron chi connectivity index (χ4n) is 2.33. The summed E-state index contributed by atoms with van der Waals surface area (Å²) < 4.78 is 60.8.